The number of hydrogen-bond acceptors (Lipinski definition) is 2. The molecule has 0 aliphatic carbocycles. The first-order chi connectivity index (χ1) is 9.58. The highest BCUT2D eigenvalue weighted by Crippen LogP contribution is 2.29. The molecule has 3 rings (SSSR count). The summed E-state index contributed by atoms with van der Waals surface area (Å²) in [5.41, 5.74) is 2.36. The zero-order valence-electron chi connectivity index (χ0n) is 10.9. The van der Waals surface area contributed by atoms with Crippen LogP contribution < -0.4 is 5.32 Å². The van der Waals surface area contributed by atoms with Gasteiger partial charge in [-0.2, -0.15) is 0 Å². The first-order valence-electron chi connectivity index (χ1n) is 6.32. The van der Waals surface area contributed by atoms with Gasteiger partial charge < -0.3 is 5.32 Å². The van der Waals surface area contributed by atoms with Gasteiger partial charge in [0.15, 0.2) is 5.66 Å². The lowest BCUT2D eigenvalue weighted by atomic mass is 10.0. The van der Waals surface area contributed by atoms with E-state index in [1.807, 2.05) is 61.5 Å². The van der Waals surface area contributed by atoms with E-state index in [1.165, 1.54) is 0 Å². The van der Waals surface area contributed by atoms with Gasteiger partial charge in [0.1, 0.15) is 10.7 Å². The molecule has 0 amide bonds. The molecule has 2 aromatic carbocycles. The van der Waals surface area contributed by atoms with Crippen LogP contribution in [0.2, 0.25) is 5.02 Å². The summed E-state index contributed by atoms with van der Waals surface area (Å²) in [6.07, 6.45) is 0. The molecule has 0 saturated heterocycles. The van der Waals surface area contributed by atoms with E-state index in [9.17, 15) is 0 Å². The van der Waals surface area contributed by atoms with Crippen LogP contribution in [0.5, 0.6) is 0 Å². The Morgan fingerprint density at radius 2 is 1.70 bits per heavy atom. The van der Waals surface area contributed by atoms with Crippen LogP contribution in [-0.4, -0.2) is 10.7 Å². The van der Waals surface area contributed by atoms with Crippen molar-refractivity contribution in [2.45, 2.75) is 12.6 Å². The van der Waals surface area contributed by atoms with E-state index >= 15 is 0 Å². The Hall–Kier alpha value is -1.71. The normalized spacial score (nSPS) is 21.5. The van der Waals surface area contributed by atoms with Gasteiger partial charge in [-0.1, -0.05) is 66.3 Å². The fraction of sp³-hybridized carbons (Fsp3) is 0.125. The number of nitrogens with zero attached hydrogens (tertiary/aromatic N) is 1. The number of aliphatic imine (C=N–C) groups is 1. The molecule has 1 unspecified atom stereocenters. The smallest absolute Gasteiger partial charge is 0.154 e. The minimum absolute atomic E-state index is 0.535. The van der Waals surface area contributed by atoms with E-state index in [0.29, 0.717) is 10.0 Å². The summed E-state index contributed by atoms with van der Waals surface area (Å²) in [4.78, 5) is 5.47. The Morgan fingerprint density at radius 1 is 1.05 bits per heavy atom. The molecule has 1 aliphatic rings. The summed E-state index contributed by atoms with van der Waals surface area (Å²) in [6, 6.07) is 17.6. The van der Waals surface area contributed by atoms with E-state index < -0.39 is 5.66 Å². The fourth-order valence-corrected chi connectivity index (χ4v) is 2.77. The van der Waals surface area contributed by atoms with Crippen molar-refractivity contribution in [3.05, 3.63) is 70.7 Å². The summed E-state index contributed by atoms with van der Waals surface area (Å²) in [5.74, 6) is 0. The van der Waals surface area contributed by atoms with Crippen molar-refractivity contribution >= 4 is 34.5 Å². The highest BCUT2D eigenvalue weighted by molar-refractivity contribution is 7.82. The number of benzene rings is 2. The van der Waals surface area contributed by atoms with Crippen molar-refractivity contribution in [3.8, 4) is 0 Å². The molecule has 0 radical (unpaired) electrons. The molecular formula is C16H13ClN2S. The molecule has 100 valence electrons. The van der Waals surface area contributed by atoms with Crippen molar-refractivity contribution in [1.29, 1.82) is 0 Å². The predicted molar refractivity (Wildman–Crippen MR) is 87.5 cm³/mol. The second-order valence-corrected chi connectivity index (χ2v) is 5.70. The summed E-state index contributed by atoms with van der Waals surface area (Å²) in [6.45, 7) is 2.01. The Morgan fingerprint density at radius 3 is 2.35 bits per heavy atom. The minimum atomic E-state index is -0.535. The molecule has 20 heavy (non-hydrogen) atoms. The standard InChI is InChI=1S/C16H13ClN2S/c1-16(12-7-9-13(17)10-8-12)18-14(15(20)19-16)11-5-3-2-4-6-11/h2-10H,1H3,(H,19,20). The van der Waals surface area contributed by atoms with E-state index in [2.05, 4.69) is 5.32 Å². The lowest BCUT2D eigenvalue weighted by Crippen LogP contribution is -2.36. The Bertz CT molecular complexity index is 679. The van der Waals surface area contributed by atoms with E-state index in [-0.39, 0.29) is 0 Å². The van der Waals surface area contributed by atoms with E-state index in [4.69, 9.17) is 28.8 Å². The molecule has 0 spiro atoms. The number of thiocarbonyl (C=S) groups is 1. The van der Waals surface area contributed by atoms with Gasteiger partial charge in [-0.3, -0.25) is 0 Å². The number of rotatable bonds is 2. The number of halogens is 1. The molecule has 1 atom stereocenters. The Balaban J connectivity index is 2.02. The second-order valence-electron chi connectivity index (χ2n) is 4.86. The summed E-state index contributed by atoms with van der Waals surface area (Å²) < 4.78 is 0. The van der Waals surface area contributed by atoms with Crippen molar-refractivity contribution in [1.82, 2.24) is 5.32 Å². The highest BCUT2D eigenvalue weighted by atomic mass is 35.5. The van der Waals surface area contributed by atoms with Crippen LogP contribution in [-0.2, 0) is 5.66 Å². The summed E-state index contributed by atoms with van der Waals surface area (Å²) in [7, 11) is 0. The summed E-state index contributed by atoms with van der Waals surface area (Å²) >= 11 is 11.4. The van der Waals surface area contributed by atoms with Gasteiger partial charge >= 0.3 is 0 Å². The molecule has 4 heteroatoms. The monoisotopic (exact) mass is 300 g/mol. The zero-order chi connectivity index (χ0) is 14.2. The third kappa shape index (κ3) is 2.35. The molecule has 1 heterocycles. The second kappa shape index (κ2) is 5.00. The largest absolute Gasteiger partial charge is 0.347 e. The first kappa shape index (κ1) is 13.3. The molecule has 2 aromatic rings. The lowest BCUT2D eigenvalue weighted by molar-refractivity contribution is 0.480. The summed E-state index contributed by atoms with van der Waals surface area (Å²) in [5, 5.41) is 4.01. The van der Waals surface area contributed by atoms with Gasteiger partial charge in [0.2, 0.25) is 0 Å². The van der Waals surface area contributed by atoms with Crippen LogP contribution in [0.3, 0.4) is 0 Å². The fourth-order valence-electron chi connectivity index (χ4n) is 2.29. The average molecular weight is 301 g/mol. The van der Waals surface area contributed by atoms with Crippen LogP contribution in [0, 0.1) is 0 Å². The van der Waals surface area contributed by atoms with Crippen molar-refractivity contribution in [2.24, 2.45) is 4.99 Å². The quantitative estimate of drug-likeness (QED) is 0.850. The number of hydrogen-bond donors (Lipinski definition) is 1. The van der Waals surface area contributed by atoms with Crippen LogP contribution in [0.1, 0.15) is 18.1 Å². The van der Waals surface area contributed by atoms with Crippen LogP contribution in [0.25, 0.3) is 0 Å². The van der Waals surface area contributed by atoms with Crippen LogP contribution >= 0.6 is 23.8 Å². The van der Waals surface area contributed by atoms with Crippen molar-refractivity contribution < 1.29 is 0 Å². The Labute approximate surface area is 128 Å². The molecule has 0 bridgehead atoms. The van der Waals surface area contributed by atoms with Crippen LogP contribution in [0.4, 0.5) is 0 Å². The maximum atomic E-state index is 5.93. The molecule has 0 saturated carbocycles. The zero-order valence-corrected chi connectivity index (χ0v) is 12.5. The first-order valence-corrected chi connectivity index (χ1v) is 7.11. The van der Waals surface area contributed by atoms with Gasteiger partial charge in [-0.15, -0.1) is 0 Å². The van der Waals surface area contributed by atoms with E-state index in [1.54, 1.807) is 0 Å². The van der Waals surface area contributed by atoms with Gasteiger partial charge in [0, 0.05) is 10.6 Å². The molecule has 1 N–H and O–H groups in total. The predicted octanol–water partition coefficient (Wildman–Crippen LogP) is 3.93. The van der Waals surface area contributed by atoms with Gasteiger partial charge in [-0.25, -0.2) is 4.99 Å². The minimum Gasteiger partial charge on any atom is -0.347 e. The van der Waals surface area contributed by atoms with Gasteiger partial charge in [0.25, 0.3) is 0 Å². The molecular weight excluding hydrogens is 288 g/mol. The van der Waals surface area contributed by atoms with Gasteiger partial charge in [0.05, 0.1) is 0 Å². The molecule has 2 nitrogen and oxygen atoms in total. The topological polar surface area (TPSA) is 24.4 Å². The highest BCUT2D eigenvalue weighted by Gasteiger charge is 2.34. The molecule has 1 aliphatic heterocycles. The van der Waals surface area contributed by atoms with Crippen molar-refractivity contribution in [3.63, 3.8) is 0 Å². The SMILES string of the molecule is CC1(c2ccc(Cl)cc2)N=C(c2ccccc2)C(=S)N1. The molecule has 0 aromatic heterocycles. The van der Waals surface area contributed by atoms with Gasteiger partial charge in [-0.05, 0) is 24.6 Å². The lowest BCUT2D eigenvalue weighted by Gasteiger charge is -2.22. The van der Waals surface area contributed by atoms with E-state index in [0.717, 1.165) is 16.8 Å². The average Bonchev–Trinajstić information content (AvgIpc) is 2.77. The van der Waals surface area contributed by atoms with Crippen molar-refractivity contribution in [2.75, 3.05) is 0 Å². The maximum absolute atomic E-state index is 5.93. The third-order valence-corrected chi connectivity index (χ3v) is 3.91. The molecule has 0 fully saturated rings. The van der Waals surface area contributed by atoms with Crippen LogP contribution in [0.15, 0.2) is 59.6 Å². The maximum Gasteiger partial charge on any atom is 0.154 e. The Kier molecular flexibility index (Phi) is 3.32. The number of nitrogens with one attached hydrogen (secondary N) is 1. The third-order valence-electron chi connectivity index (χ3n) is 3.36.